The molecule has 4 nitrogen and oxygen atoms in total. The van der Waals surface area contributed by atoms with Gasteiger partial charge in [-0.05, 0) is 19.3 Å². The average Bonchev–Trinajstić information content (AvgIpc) is 2.29. The second kappa shape index (κ2) is 9.17. The Hall–Kier alpha value is 0.110. The van der Waals surface area contributed by atoms with Crippen LogP contribution in [0.2, 0.25) is 0 Å². The topological polar surface area (TPSA) is 55.8 Å². The van der Waals surface area contributed by atoms with Crippen molar-refractivity contribution in [2.45, 2.75) is 51.6 Å². The van der Waals surface area contributed by atoms with Crippen LogP contribution < -0.4 is 0 Å². The maximum Gasteiger partial charge on any atom is 0.330 e. The fourth-order valence-electron chi connectivity index (χ4n) is 1.55. The maximum absolute atomic E-state index is 11.7. The molecule has 5 heteroatoms. The Bertz CT molecular complexity index is 200. The molecule has 1 atom stereocenters. The van der Waals surface area contributed by atoms with Crippen molar-refractivity contribution in [2.75, 3.05) is 20.4 Å². The molecule has 0 rings (SSSR count). The van der Waals surface area contributed by atoms with Crippen molar-refractivity contribution in [1.29, 1.82) is 0 Å². The van der Waals surface area contributed by atoms with E-state index in [0.29, 0.717) is 19.0 Å². The van der Waals surface area contributed by atoms with Crippen LogP contribution in [0.25, 0.3) is 0 Å². The summed E-state index contributed by atoms with van der Waals surface area (Å²) in [6, 6.07) is 0. The van der Waals surface area contributed by atoms with Crippen LogP contribution in [-0.2, 0) is 13.6 Å². The predicted molar refractivity (Wildman–Crippen MR) is 65.9 cm³/mol. The van der Waals surface area contributed by atoms with E-state index in [9.17, 15) is 9.67 Å². The van der Waals surface area contributed by atoms with Crippen molar-refractivity contribution in [2.24, 2.45) is 0 Å². The highest BCUT2D eigenvalue weighted by Gasteiger charge is 2.20. The summed E-state index contributed by atoms with van der Waals surface area (Å²) >= 11 is 0. The molecule has 0 bridgehead atoms. The molecule has 1 N–H and O–H groups in total. The van der Waals surface area contributed by atoms with E-state index in [-0.39, 0.29) is 6.10 Å². The van der Waals surface area contributed by atoms with Crippen LogP contribution in [0.1, 0.15) is 45.4 Å². The van der Waals surface area contributed by atoms with Crippen molar-refractivity contribution in [3.63, 3.8) is 0 Å². The molecule has 0 aromatic carbocycles. The molecule has 0 amide bonds. The van der Waals surface area contributed by atoms with Gasteiger partial charge in [0.15, 0.2) is 0 Å². The normalized spacial score (nSPS) is 14.0. The lowest BCUT2D eigenvalue weighted by molar-refractivity contribution is 0.149. The molecule has 0 aromatic heterocycles. The minimum absolute atomic E-state index is 0.284. The van der Waals surface area contributed by atoms with Crippen LogP contribution in [0.5, 0.6) is 0 Å². The summed E-state index contributed by atoms with van der Waals surface area (Å²) in [5, 5.41) is 9.65. The van der Waals surface area contributed by atoms with Gasteiger partial charge in [-0.25, -0.2) is 0 Å². The predicted octanol–water partition coefficient (Wildman–Crippen LogP) is 3.19. The van der Waals surface area contributed by atoms with Crippen molar-refractivity contribution in [3.05, 3.63) is 0 Å². The van der Waals surface area contributed by atoms with Crippen LogP contribution in [0.3, 0.4) is 0 Å². The van der Waals surface area contributed by atoms with Gasteiger partial charge in [0.1, 0.15) is 0 Å². The first-order valence-corrected chi connectivity index (χ1v) is 7.69. The Morgan fingerprint density at radius 2 is 1.69 bits per heavy atom. The Balaban J connectivity index is 3.60. The van der Waals surface area contributed by atoms with E-state index < -0.39 is 7.60 Å². The number of hydrogen-bond acceptors (Lipinski definition) is 4. The van der Waals surface area contributed by atoms with Crippen molar-refractivity contribution in [1.82, 2.24) is 0 Å². The lowest BCUT2D eigenvalue weighted by atomic mass is 10.1. The Morgan fingerprint density at radius 3 is 2.19 bits per heavy atom. The second-order valence-electron chi connectivity index (χ2n) is 3.99. The number of rotatable bonds is 10. The average molecular weight is 252 g/mol. The summed E-state index contributed by atoms with van der Waals surface area (Å²) in [5.74, 6) is 0. The van der Waals surface area contributed by atoms with Gasteiger partial charge < -0.3 is 14.2 Å². The summed E-state index contributed by atoms with van der Waals surface area (Å²) in [5.41, 5.74) is 0. The summed E-state index contributed by atoms with van der Waals surface area (Å²) in [4.78, 5) is 0. The van der Waals surface area contributed by atoms with Crippen LogP contribution >= 0.6 is 7.60 Å². The third-order valence-electron chi connectivity index (χ3n) is 2.67. The molecule has 16 heavy (non-hydrogen) atoms. The zero-order valence-corrected chi connectivity index (χ0v) is 11.5. The van der Waals surface area contributed by atoms with Crippen molar-refractivity contribution >= 4 is 7.60 Å². The third kappa shape index (κ3) is 7.39. The van der Waals surface area contributed by atoms with Gasteiger partial charge in [-0.3, -0.25) is 4.57 Å². The van der Waals surface area contributed by atoms with Gasteiger partial charge in [0.05, 0.1) is 12.3 Å². The van der Waals surface area contributed by atoms with Crippen LogP contribution in [0.15, 0.2) is 0 Å². The molecule has 0 saturated heterocycles. The van der Waals surface area contributed by atoms with Crippen LogP contribution in [0.4, 0.5) is 0 Å². The van der Waals surface area contributed by atoms with Gasteiger partial charge in [0.2, 0.25) is 0 Å². The molecule has 0 aromatic rings. The van der Waals surface area contributed by atoms with Crippen molar-refractivity contribution in [3.8, 4) is 0 Å². The van der Waals surface area contributed by atoms with Gasteiger partial charge >= 0.3 is 7.60 Å². The number of unbranched alkanes of at least 4 members (excludes halogenated alkanes) is 2. The number of hydrogen-bond donors (Lipinski definition) is 1. The highest BCUT2D eigenvalue weighted by molar-refractivity contribution is 7.53. The smallest absolute Gasteiger partial charge is 0.330 e. The first-order valence-electron chi connectivity index (χ1n) is 5.96. The summed E-state index contributed by atoms with van der Waals surface area (Å²) in [6.45, 7) is 2.14. The van der Waals surface area contributed by atoms with E-state index in [2.05, 4.69) is 6.92 Å². The monoisotopic (exact) mass is 252 g/mol. The van der Waals surface area contributed by atoms with Gasteiger partial charge in [0, 0.05) is 14.2 Å². The molecule has 0 aliphatic rings. The van der Waals surface area contributed by atoms with E-state index >= 15 is 0 Å². The molecule has 0 radical (unpaired) electrons. The summed E-state index contributed by atoms with van der Waals surface area (Å²) < 4.78 is 21.3. The molecule has 0 aliphatic carbocycles. The summed E-state index contributed by atoms with van der Waals surface area (Å²) in [7, 11) is -0.0985. The molecule has 0 unspecified atom stereocenters. The highest BCUT2D eigenvalue weighted by Crippen LogP contribution is 2.47. The van der Waals surface area contributed by atoms with E-state index in [1.807, 2.05) is 0 Å². The van der Waals surface area contributed by atoms with Gasteiger partial charge in [-0.2, -0.15) is 0 Å². The minimum Gasteiger partial charge on any atom is -0.393 e. The standard InChI is InChI=1S/C11H25O4P/c1-4-5-6-8-11(12)9-7-10-16(13,14-2)15-3/h11-12H,4-10H2,1-3H3/t11-/m0/s1. The lowest BCUT2D eigenvalue weighted by Gasteiger charge is -2.14. The van der Waals surface area contributed by atoms with Crippen LogP contribution in [0, 0.1) is 0 Å². The molecule has 0 heterocycles. The molecule has 0 saturated carbocycles. The van der Waals surface area contributed by atoms with Gasteiger partial charge in [0.25, 0.3) is 0 Å². The Labute approximate surface area is 98.9 Å². The van der Waals surface area contributed by atoms with E-state index in [1.165, 1.54) is 14.2 Å². The van der Waals surface area contributed by atoms with Gasteiger partial charge in [-0.1, -0.05) is 26.2 Å². The molecule has 0 fully saturated rings. The quantitative estimate of drug-likeness (QED) is 0.479. The first kappa shape index (κ1) is 16.1. The molecule has 0 aliphatic heterocycles. The summed E-state index contributed by atoms with van der Waals surface area (Å²) in [6.07, 6.45) is 5.65. The number of aliphatic hydroxyl groups is 1. The fraction of sp³-hybridized carbons (Fsp3) is 1.00. The maximum atomic E-state index is 11.7. The van der Waals surface area contributed by atoms with Crippen LogP contribution in [-0.4, -0.2) is 31.6 Å². The molecule has 98 valence electrons. The SMILES string of the molecule is CCCCC[C@H](O)CCCP(=O)(OC)OC. The largest absolute Gasteiger partial charge is 0.393 e. The minimum atomic E-state index is -2.88. The third-order valence-corrected chi connectivity index (χ3v) is 4.64. The van der Waals surface area contributed by atoms with Crippen molar-refractivity contribution < 1.29 is 18.7 Å². The Kier molecular flexibility index (Phi) is 9.24. The van der Waals surface area contributed by atoms with E-state index in [0.717, 1.165) is 25.7 Å². The fourth-order valence-corrected chi connectivity index (χ4v) is 2.64. The van der Waals surface area contributed by atoms with Gasteiger partial charge in [-0.15, -0.1) is 0 Å². The second-order valence-corrected chi connectivity index (χ2v) is 6.39. The van der Waals surface area contributed by atoms with E-state index in [1.54, 1.807) is 0 Å². The zero-order valence-electron chi connectivity index (χ0n) is 10.6. The number of aliphatic hydroxyl groups excluding tert-OH is 1. The van der Waals surface area contributed by atoms with E-state index in [4.69, 9.17) is 9.05 Å². The molecular formula is C11H25O4P. The molecular weight excluding hydrogens is 227 g/mol. The molecule has 0 spiro atoms. The zero-order chi connectivity index (χ0) is 12.4. The highest BCUT2D eigenvalue weighted by atomic mass is 31.2. The first-order chi connectivity index (χ1) is 7.58. The Morgan fingerprint density at radius 1 is 1.12 bits per heavy atom. The lowest BCUT2D eigenvalue weighted by Crippen LogP contribution is -2.07.